The summed E-state index contributed by atoms with van der Waals surface area (Å²) in [6.07, 6.45) is 1.88. The van der Waals surface area contributed by atoms with Crippen molar-refractivity contribution in [3.8, 4) is 6.07 Å². The first-order valence-corrected chi connectivity index (χ1v) is 9.76. The lowest BCUT2D eigenvalue weighted by atomic mass is 9.63. The van der Waals surface area contributed by atoms with Crippen LogP contribution in [0.5, 0.6) is 0 Å². The maximum absolute atomic E-state index is 15.2. The highest BCUT2D eigenvalue weighted by molar-refractivity contribution is 6.03. The lowest BCUT2D eigenvalue weighted by Crippen LogP contribution is -2.55. The molecule has 0 bridgehead atoms. The predicted molar refractivity (Wildman–Crippen MR) is 110 cm³/mol. The van der Waals surface area contributed by atoms with E-state index in [0.29, 0.717) is 23.2 Å². The van der Waals surface area contributed by atoms with Crippen molar-refractivity contribution in [3.05, 3.63) is 58.9 Å². The van der Waals surface area contributed by atoms with Crippen LogP contribution in [-0.2, 0) is 15.7 Å². The Labute approximate surface area is 177 Å². The van der Waals surface area contributed by atoms with E-state index in [0.717, 1.165) is 5.56 Å². The van der Waals surface area contributed by atoms with E-state index in [1.807, 2.05) is 19.9 Å². The molecule has 0 saturated carbocycles. The number of nitrogens with one attached hydrogen (secondary N) is 1. The van der Waals surface area contributed by atoms with Gasteiger partial charge in [0.05, 0.1) is 5.56 Å². The van der Waals surface area contributed by atoms with Crippen molar-refractivity contribution in [2.24, 2.45) is 10.7 Å². The fraction of sp³-hybridized carbons (Fsp3) is 0.364. The number of carbonyl (C=O) groups excluding carboxylic acids is 1. The number of aliphatic imine (C=N–C) groups is 1. The van der Waals surface area contributed by atoms with Gasteiger partial charge in [0, 0.05) is 11.9 Å². The fourth-order valence-corrected chi connectivity index (χ4v) is 4.19. The summed E-state index contributed by atoms with van der Waals surface area (Å²) in [5.41, 5.74) is 5.31. The van der Waals surface area contributed by atoms with Gasteiger partial charge in [-0.3, -0.25) is 4.79 Å². The molecule has 2 aliphatic rings. The van der Waals surface area contributed by atoms with Crippen LogP contribution < -0.4 is 11.1 Å². The normalized spacial score (nSPS) is 23.1. The number of fused-ring (bicyclic) bond motifs is 2. The molecule has 1 aromatic carbocycles. The van der Waals surface area contributed by atoms with Crippen LogP contribution in [0, 0.1) is 11.3 Å². The third-order valence-electron chi connectivity index (χ3n) is 6.00. The Morgan fingerprint density at radius 3 is 2.68 bits per heavy atom. The number of anilines is 1. The minimum atomic E-state index is -3.27. The van der Waals surface area contributed by atoms with Crippen LogP contribution in [0.25, 0.3) is 0 Å². The molecule has 1 atom stereocenters. The molecular formula is C22H21F2N5O2. The van der Waals surface area contributed by atoms with Crippen LogP contribution >= 0.6 is 0 Å². The Balaban J connectivity index is 1.76. The molecule has 0 saturated heterocycles. The molecule has 1 aromatic heterocycles. The molecule has 3 N–H and O–H groups in total. The van der Waals surface area contributed by atoms with Crippen molar-refractivity contribution in [1.29, 1.82) is 5.26 Å². The van der Waals surface area contributed by atoms with Crippen LogP contribution in [0.4, 0.5) is 14.5 Å². The summed E-state index contributed by atoms with van der Waals surface area (Å²) in [5.74, 6) is -3.78. The Hall–Kier alpha value is -3.54. The fourth-order valence-electron chi connectivity index (χ4n) is 4.19. The average molecular weight is 425 g/mol. The summed E-state index contributed by atoms with van der Waals surface area (Å²) in [5, 5.41) is 11.6. The molecule has 0 fully saturated rings. The second-order valence-corrected chi connectivity index (χ2v) is 8.45. The zero-order valence-electron chi connectivity index (χ0n) is 17.1. The number of nitrogens with two attached hydrogens (primary N) is 1. The Kier molecular flexibility index (Phi) is 4.69. The standard InChI is InChI=1S/C22H21F2N5O2/c1-20(2)7-8-21(22(23,24)12-31-19(26)29-21)16-9-14(4-5-15(16)20)28-18(30)17-6-3-13(10-25)11-27-17/h3-6,9,11H,7-8,12H2,1-2H3,(H2,26,29)(H,28,30)/t21-/m1/s1. The highest BCUT2D eigenvalue weighted by Crippen LogP contribution is 2.55. The molecule has 9 heteroatoms. The van der Waals surface area contributed by atoms with Crippen molar-refractivity contribution in [2.75, 3.05) is 11.9 Å². The third kappa shape index (κ3) is 3.38. The molecule has 0 unspecified atom stereocenters. The smallest absolute Gasteiger partial charge is 0.310 e. The predicted octanol–water partition coefficient (Wildman–Crippen LogP) is 3.45. The maximum Gasteiger partial charge on any atom is 0.310 e. The SMILES string of the molecule is CC1(C)CC[C@@]2(N=C(N)OCC2(F)F)c2cc(NC(=O)c3ccc(C#N)cn3)ccc21. The monoisotopic (exact) mass is 425 g/mol. The van der Waals surface area contributed by atoms with Gasteiger partial charge in [-0.05, 0) is 53.6 Å². The van der Waals surface area contributed by atoms with Crippen molar-refractivity contribution in [3.63, 3.8) is 0 Å². The molecule has 2 aromatic rings. The van der Waals surface area contributed by atoms with Gasteiger partial charge in [-0.25, -0.2) is 9.98 Å². The number of benzene rings is 1. The largest absolute Gasteiger partial charge is 0.459 e. The highest BCUT2D eigenvalue weighted by atomic mass is 19.3. The first-order chi connectivity index (χ1) is 14.6. The van der Waals surface area contributed by atoms with Gasteiger partial charge in [-0.15, -0.1) is 0 Å². The number of ether oxygens (including phenoxy) is 1. The lowest BCUT2D eigenvalue weighted by Gasteiger charge is -2.47. The van der Waals surface area contributed by atoms with Crippen molar-refractivity contribution >= 4 is 17.6 Å². The lowest BCUT2D eigenvalue weighted by molar-refractivity contribution is -0.129. The maximum atomic E-state index is 15.2. The van der Waals surface area contributed by atoms with Gasteiger partial charge in [0.15, 0.2) is 12.1 Å². The number of pyridine rings is 1. The summed E-state index contributed by atoms with van der Waals surface area (Å²) < 4.78 is 35.2. The quantitative estimate of drug-likeness (QED) is 0.765. The van der Waals surface area contributed by atoms with Gasteiger partial charge in [-0.2, -0.15) is 14.0 Å². The molecule has 4 rings (SSSR count). The third-order valence-corrected chi connectivity index (χ3v) is 6.00. The average Bonchev–Trinajstić information content (AvgIpc) is 2.74. The Morgan fingerprint density at radius 1 is 1.23 bits per heavy atom. The van der Waals surface area contributed by atoms with Crippen molar-refractivity contribution in [2.45, 2.75) is 43.6 Å². The van der Waals surface area contributed by atoms with Crippen LogP contribution in [0.2, 0.25) is 0 Å². The first kappa shape index (κ1) is 20.7. The minimum Gasteiger partial charge on any atom is -0.459 e. The molecule has 1 amide bonds. The minimum absolute atomic E-state index is 0.0959. The number of rotatable bonds is 2. The van der Waals surface area contributed by atoms with Crippen LogP contribution in [0.15, 0.2) is 41.5 Å². The zero-order valence-corrected chi connectivity index (χ0v) is 17.1. The van der Waals surface area contributed by atoms with E-state index in [9.17, 15) is 4.79 Å². The van der Waals surface area contributed by atoms with Gasteiger partial charge >= 0.3 is 5.92 Å². The van der Waals surface area contributed by atoms with Gasteiger partial charge in [0.25, 0.3) is 11.9 Å². The van der Waals surface area contributed by atoms with E-state index in [2.05, 4.69) is 15.3 Å². The number of amides is 1. The highest BCUT2D eigenvalue weighted by Gasteiger charge is 2.61. The van der Waals surface area contributed by atoms with E-state index in [1.54, 1.807) is 12.1 Å². The molecule has 1 spiro atoms. The van der Waals surface area contributed by atoms with Crippen LogP contribution in [-0.4, -0.2) is 29.4 Å². The summed E-state index contributed by atoms with van der Waals surface area (Å²) in [4.78, 5) is 20.6. The molecule has 31 heavy (non-hydrogen) atoms. The Morgan fingerprint density at radius 2 is 2.00 bits per heavy atom. The van der Waals surface area contributed by atoms with Gasteiger partial charge in [0.1, 0.15) is 11.8 Å². The van der Waals surface area contributed by atoms with E-state index < -0.39 is 24.0 Å². The molecule has 2 heterocycles. The number of hydrogen-bond donors (Lipinski definition) is 2. The van der Waals surface area contributed by atoms with Crippen LogP contribution in [0.3, 0.4) is 0 Å². The first-order valence-electron chi connectivity index (χ1n) is 9.76. The van der Waals surface area contributed by atoms with E-state index in [1.165, 1.54) is 24.4 Å². The number of alkyl halides is 2. The summed E-state index contributed by atoms with van der Waals surface area (Å²) >= 11 is 0. The summed E-state index contributed by atoms with van der Waals surface area (Å²) in [6.45, 7) is 3.12. The van der Waals surface area contributed by atoms with Crippen LogP contribution in [0.1, 0.15) is 53.9 Å². The second-order valence-electron chi connectivity index (χ2n) is 8.45. The molecule has 7 nitrogen and oxygen atoms in total. The molecule has 1 aliphatic carbocycles. The summed E-state index contributed by atoms with van der Waals surface area (Å²) in [7, 11) is 0. The number of nitriles is 1. The number of nitrogens with zero attached hydrogens (tertiary/aromatic N) is 3. The summed E-state index contributed by atoms with van der Waals surface area (Å²) in [6, 6.07) is 9.52. The van der Waals surface area contributed by atoms with E-state index in [4.69, 9.17) is 15.7 Å². The number of aromatic nitrogens is 1. The molecule has 160 valence electrons. The van der Waals surface area contributed by atoms with Gasteiger partial charge < -0.3 is 15.8 Å². The topological polar surface area (TPSA) is 113 Å². The number of carbonyl (C=O) groups is 1. The number of amidine groups is 1. The number of halogens is 2. The Bertz CT molecular complexity index is 1120. The van der Waals surface area contributed by atoms with Crippen molar-refractivity contribution < 1.29 is 18.3 Å². The number of hydrogen-bond acceptors (Lipinski definition) is 6. The molecule has 1 aliphatic heterocycles. The second kappa shape index (κ2) is 7.01. The van der Waals surface area contributed by atoms with Crippen molar-refractivity contribution in [1.82, 2.24) is 4.98 Å². The molecule has 0 radical (unpaired) electrons. The van der Waals surface area contributed by atoms with E-state index >= 15 is 8.78 Å². The van der Waals surface area contributed by atoms with Gasteiger partial charge in [0.2, 0.25) is 0 Å². The van der Waals surface area contributed by atoms with E-state index in [-0.39, 0.29) is 23.6 Å². The zero-order chi connectivity index (χ0) is 22.4. The molecular weight excluding hydrogens is 404 g/mol. The van der Waals surface area contributed by atoms with Gasteiger partial charge in [-0.1, -0.05) is 19.9 Å².